The van der Waals surface area contributed by atoms with E-state index < -0.39 is 0 Å². The summed E-state index contributed by atoms with van der Waals surface area (Å²) >= 11 is 0. The van der Waals surface area contributed by atoms with E-state index >= 15 is 0 Å². The van der Waals surface area contributed by atoms with E-state index in [1.54, 1.807) is 0 Å². The molecule has 0 bridgehead atoms. The van der Waals surface area contributed by atoms with E-state index in [1.807, 2.05) is 0 Å². The van der Waals surface area contributed by atoms with Gasteiger partial charge in [-0.05, 0) is 91.3 Å². The van der Waals surface area contributed by atoms with Gasteiger partial charge in [0, 0.05) is 32.2 Å². The summed E-state index contributed by atoms with van der Waals surface area (Å²) in [5.74, 6) is 1.01. The molecule has 0 spiro atoms. The van der Waals surface area contributed by atoms with Crippen molar-refractivity contribution in [3.63, 3.8) is 0 Å². The van der Waals surface area contributed by atoms with Crippen LogP contribution in [0.4, 0.5) is 0 Å². The summed E-state index contributed by atoms with van der Waals surface area (Å²) in [4.78, 5) is 10.5. The molecule has 0 aromatic heterocycles. The molecule has 3 saturated heterocycles. The lowest BCUT2D eigenvalue weighted by Gasteiger charge is -2.42. The molecule has 0 atom stereocenters. The molecule has 3 aliphatic rings. The maximum atomic E-state index is 2.78. The molecule has 4 nitrogen and oxygen atoms in total. The summed E-state index contributed by atoms with van der Waals surface area (Å²) in [5, 5.41) is 0. The first kappa shape index (κ1) is 17.7. The first-order chi connectivity index (χ1) is 11.2. The highest BCUT2D eigenvalue weighted by molar-refractivity contribution is 4.82. The Labute approximate surface area is 143 Å². The normalized spacial score (nSPS) is 28.4. The molecule has 134 valence electrons. The van der Waals surface area contributed by atoms with Gasteiger partial charge in [-0.25, -0.2) is 0 Å². The lowest BCUT2D eigenvalue weighted by Crippen LogP contribution is -2.52. The molecule has 0 aliphatic carbocycles. The average Bonchev–Trinajstić information content (AvgIpc) is 2.58. The quantitative estimate of drug-likeness (QED) is 0.765. The van der Waals surface area contributed by atoms with Crippen molar-refractivity contribution in [3.8, 4) is 0 Å². The van der Waals surface area contributed by atoms with E-state index in [4.69, 9.17) is 0 Å². The predicted molar refractivity (Wildman–Crippen MR) is 98.0 cm³/mol. The first-order valence-electron chi connectivity index (χ1n) is 10.0. The minimum atomic E-state index is 0.868. The van der Waals surface area contributed by atoms with Crippen molar-refractivity contribution in [2.45, 2.75) is 44.6 Å². The van der Waals surface area contributed by atoms with Gasteiger partial charge in [-0.1, -0.05) is 0 Å². The van der Waals surface area contributed by atoms with Crippen LogP contribution in [0.25, 0.3) is 0 Å². The van der Waals surface area contributed by atoms with Gasteiger partial charge in [-0.2, -0.15) is 0 Å². The third-order valence-electron chi connectivity index (χ3n) is 6.54. The fourth-order valence-corrected chi connectivity index (χ4v) is 4.67. The highest BCUT2D eigenvalue weighted by atomic mass is 15.3. The van der Waals surface area contributed by atoms with Crippen LogP contribution in [0.15, 0.2) is 0 Å². The predicted octanol–water partition coefficient (Wildman–Crippen LogP) is 1.82. The zero-order valence-electron chi connectivity index (χ0n) is 15.6. The Morgan fingerprint density at radius 1 is 0.696 bits per heavy atom. The summed E-state index contributed by atoms with van der Waals surface area (Å²) in [6, 6.07) is 0.868. The van der Waals surface area contributed by atoms with Crippen molar-refractivity contribution in [2.24, 2.45) is 5.92 Å². The molecule has 3 heterocycles. The van der Waals surface area contributed by atoms with E-state index in [1.165, 1.54) is 97.4 Å². The molecule has 0 aromatic carbocycles. The summed E-state index contributed by atoms with van der Waals surface area (Å²) in [5.41, 5.74) is 0. The number of piperazine rings is 1. The summed E-state index contributed by atoms with van der Waals surface area (Å²) in [7, 11) is 4.53. The lowest BCUT2D eigenvalue weighted by atomic mass is 9.92. The Hall–Kier alpha value is -0.160. The minimum absolute atomic E-state index is 0.868. The Balaban J connectivity index is 1.27. The Morgan fingerprint density at radius 3 is 1.87 bits per heavy atom. The van der Waals surface area contributed by atoms with Gasteiger partial charge in [0.05, 0.1) is 0 Å². The van der Waals surface area contributed by atoms with Crippen LogP contribution in [0, 0.1) is 5.92 Å². The van der Waals surface area contributed by atoms with Crippen molar-refractivity contribution in [2.75, 3.05) is 73.0 Å². The van der Waals surface area contributed by atoms with Gasteiger partial charge in [0.2, 0.25) is 0 Å². The Morgan fingerprint density at radius 2 is 1.26 bits per heavy atom. The minimum Gasteiger partial charge on any atom is -0.306 e. The topological polar surface area (TPSA) is 13.0 Å². The van der Waals surface area contributed by atoms with Crippen LogP contribution in [0.5, 0.6) is 0 Å². The van der Waals surface area contributed by atoms with Gasteiger partial charge in [0.25, 0.3) is 0 Å². The van der Waals surface area contributed by atoms with Crippen LogP contribution < -0.4 is 0 Å². The van der Waals surface area contributed by atoms with Crippen LogP contribution in [0.1, 0.15) is 38.5 Å². The zero-order chi connectivity index (χ0) is 16.1. The van der Waals surface area contributed by atoms with Crippen LogP contribution in [0.2, 0.25) is 0 Å². The Bertz CT molecular complexity index is 322. The van der Waals surface area contributed by atoms with Crippen LogP contribution in [-0.4, -0.2) is 98.6 Å². The van der Waals surface area contributed by atoms with Crippen molar-refractivity contribution in [1.29, 1.82) is 0 Å². The van der Waals surface area contributed by atoms with Crippen LogP contribution >= 0.6 is 0 Å². The highest BCUT2D eigenvalue weighted by Gasteiger charge is 2.26. The highest BCUT2D eigenvalue weighted by Crippen LogP contribution is 2.22. The second kappa shape index (κ2) is 8.80. The van der Waals surface area contributed by atoms with Gasteiger partial charge in [0.1, 0.15) is 0 Å². The molecule has 3 aliphatic heterocycles. The largest absolute Gasteiger partial charge is 0.306 e. The van der Waals surface area contributed by atoms with Gasteiger partial charge >= 0.3 is 0 Å². The summed E-state index contributed by atoms with van der Waals surface area (Å²) in [6.07, 6.45) is 8.51. The number of rotatable bonds is 5. The first-order valence-corrected chi connectivity index (χ1v) is 10.0. The molecule has 4 heteroatoms. The van der Waals surface area contributed by atoms with Crippen molar-refractivity contribution < 1.29 is 0 Å². The molecule has 0 saturated carbocycles. The number of piperidine rings is 2. The Kier molecular flexibility index (Phi) is 6.75. The number of hydrogen-bond donors (Lipinski definition) is 0. The molecule has 0 N–H and O–H groups in total. The lowest BCUT2D eigenvalue weighted by molar-refractivity contribution is 0.0631. The van der Waals surface area contributed by atoms with Crippen molar-refractivity contribution >= 4 is 0 Å². The van der Waals surface area contributed by atoms with Gasteiger partial charge in [-0.3, -0.25) is 4.90 Å². The monoisotopic (exact) mass is 322 g/mol. The molecule has 23 heavy (non-hydrogen) atoms. The molecule has 3 fully saturated rings. The molecular weight excluding hydrogens is 284 g/mol. The maximum absolute atomic E-state index is 2.78. The third kappa shape index (κ3) is 5.42. The summed E-state index contributed by atoms with van der Waals surface area (Å²) < 4.78 is 0. The molecular formula is C19H38N4. The van der Waals surface area contributed by atoms with E-state index in [2.05, 4.69) is 33.7 Å². The molecule has 3 rings (SSSR count). The van der Waals surface area contributed by atoms with Gasteiger partial charge < -0.3 is 14.7 Å². The van der Waals surface area contributed by atoms with Crippen molar-refractivity contribution in [1.82, 2.24) is 19.6 Å². The van der Waals surface area contributed by atoms with Crippen molar-refractivity contribution in [3.05, 3.63) is 0 Å². The summed E-state index contributed by atoms with van der Waals surface area (Å²) in [6.45, 7) is 11.8. The van der Waals surface area contributed by atoms with E-state index in [-0.39, 0.29) is 0 Å². The van der Waals surface area contributed by atoms with E-state index in [0.717, 1.165) is 12.0 Å². The third-order valence-corrected chi connectivity index (χ3v) is 6.54. The van der Waals surface area contributed by atoms with Gasteiger partial charge in [-0.15, -0.1) is 0 Å². The smallest absolute Gasteiger partial charge is 0.0121 e. The number of nitrogens with zero attached hydrogens (tertiary/aromatic N) is 4. The second-order valence-electron chi connectivity index (χ2n) is 8.30. The van der Waals surface area contributed by atoms with Crippen LogP contribution in [0.3, 0.4) is 0 Å². The fraction of sp³-hybridized carbons (Fsp3) is 1.00. The van der Waals surface area contributed by atoms with Crippen LogP contribution in [-0.2, 0) is 0 Å². The number of likely N-dealkylation sites (tertiary alicyclic amines) is 2. The van der Waals surface area contributed by atoms with E-state index in [0.29, 0.717) is 0 Å². The van der Waals surface area contributed by atoms with E-state index in [9.17, 15) is 0 Å². The standard InChI is InChI=1S/C19H38N4/c1-20-10-5-18(6-11-20)4-3-9-22-14-16-23(17-15-22)19-7-12-21(2)13-8-19/h18-19H,3-17H2,1-2H3. The SMILES string of the molecule is CN1CCC(CCCN2CCN(C3CCN(C)CC3)CC2)CC1. The maximum Gasteiger partial charge on any atom is 0.0121 e. The molecule has 0 unspecified atom stereocenters. The average molecular weight is 323 g/mol. The second-order valence-corrected chi connectivity index (χ2v) is 8.30. The fourth-order valence-electron chi connectivity index (χ4n) is 4.67. The molecule has 0 amide bonds. The zero-order valence-corrected chi connectivity index (χ0v) is 15.6. The molecule has 0 aromatic rings. The van der Waals surface area contributed by atoms with Gasteiger partial charge in [0.15, 0.2) is 0 Å². The molecule has 0 radical (unpaired) electrons. The number of hydrogen-bond acceptors (Lipinski definition) is 4.